The maximum absolute atomic E-state index is 13.0. The third-order valence-electron chi connectivity index (χ3n) is 3.59. The minimum absolute atomic E-state index is 0.197. The van der Waals surface area contributed by atoms with E-state index in [1.54, 1.807) is 37.3 Å². The zero-order valence-electron chi connectivity index (χ0n) is 13.5. The van der Waals surface area contributed by atoms with Crippen molar-refractivity contribution in [1.29, 1.82) is 0 Å². The topological polar surface area (TPSA) is 62.8 Å². The Hall–Kier alpha value is -2.79. The second-order valence-corrected chi connectivity index (χ2v) is 6.46. The molecule has 0 unspecified atom stereocenters. The number of nitrogens with zero attached hydrogens (tertiary/aromatic N) is 1. The van der Waals surface area contributed by atoms with Crippen LogP contribution in [0.3, 0.4) is 0 Å². The highest BCUT2D eigenvalue weighted by molar-refractivity contribution is 9.10. The van der Waals surface area contributed by atoms with Crippen molar-refractivity contribution in [1.82, 2.24) is 9.97 Å². The molecule has 0 aliphatic carbocycles. The predicted octanol–water partition coefficient (Wildman–Crippen LogP) is 4.26. The zero-order valence-corrected chi connectivity index (χ0v) is 15.1. The van der Waals surface area contributed by atoms with Crippen LogP contribution in [-0.4, -0.2) is 15.8 Å². The summed E-state index contributed by atoms with van der Waals surface area (Å²) in [5, 5.41) is 0. The Bertz CT molecular complexity index is 990. The third kappa shape index (κ3) is 4.19. The fourth-order valence-corrected chi connectivity index (χ4v) is 2.68. The molecule has 25 heavy (non-hydrogen) atoms. The minimum Gasteiger partial charge on any atom is -0.306 e. The number of aromatic nitrogens is 2. The van der Waals surface area contributed by atoms with Gasteiger partial charge in [-0.2, -0.15) is 0 Å². The fraction of sp³-hybridized carbons (Fsp3) is 0.0500. The second kappa shape index (κ2) is 7.40. The van der Waals surface area contributed by atoms with Crippen LogP contribution in [0.5, 0.6) is 0 Å². The number of halogens is 1. The first kappa shape index (κ1) is 17.0. The summed E-state index contributed by atoms with van der Waals surface area (Å²) in [5.41, 5.74) is 1.99. The maximum atomic E-state index is 13.0. The van der Waals surface area contributed by atoms with Gasteiger partial charge in [0.2, 0.25) is 0 Å². The molecule has 2 aromatic carbocycles. The molecule has 5 heteroatoms. The largest absolute Gasteiger partial charge is 0.306 e. The Balaban J connectivity index is 2.15. The van der Waals surface area contributed by atoms with Gasteiger partial charge in [0.1, 0.15) is 5.82 Å². The van der Waals surface area contributed by atoms with Crippen molar-refractivity contribution in [3.63, 3.8) is 0 Å². The molecule has 1 aromatic heterocycles. The highest BCUT2D eigenvalue weighted by Gasteiger charge is 2.17. The SMILES string of the molecule is Cc1cc(=O)[nH]c(C(=Cc2ccc(Br)cc2)C(=O)c2ccccc2)n1. The van der Waals surface area contributed by atoms with Crippen LogP contribution in [-0.2, 0) is 0 Å². The van der Waals surface area contributed by atoms with Gasteiger partial charge < -0.3 is 4.98 Å². The molecule has 1 N–H and O–H groups in total. The van der Waals surface area contributed by atoms with Crippen LogP contribution < -0.4 is 5.56 Å². The molecule has 124 valence electrons. The Labute approximate surface area is 153 Å². The van der Waals surface area contributed by atoms with E-state index in [-0.39, 0.29) is 17.2 Å². The number of aromatic amines is 1. The Kier molecular flexibility index (Phi) is 5.05. The van der Waals surface area contributed by atoms with Gasteiger partial charge in [0.05, 0.1) is 5.57 Å². The number of hydrogen-bond donors (Lipinski definition) is 1. The normalized spacial score (nSPS) is 11.4. The lowest BCUT2D eigenvalue weighted by Crippen LogP contribution is -2.14. The summed E-state index contributed by atoms with van der Waals surface area (Å²) in [7, 11) is 0. The summed E-state index contributed by atoms with van der Waals surface area (Å²) < 4.78 is 0.947. The minimum atomic E-state index is -0.287. The van der Waals surface area contributed by atoms with E-state index in [0.717, 1.165) is 10.0 Å². The molecule has 0 radical (unpaired) electrons. The average Bonchev–Trinajstić information content (AvgIpc) is 2.60. The van der Waals surface area contributed by atoms with Crippen molar-refractivity contribution < 1.29 is 4.79 Å². The summed E-state index contributed by atoms with van der Waals surface area (Å²) in [6.45, 7) is 1.73. The highest BCUT2D eigenvalue weighted by atomic mass is 79.9. The number of hydrogen-bond acceptors (Lipinski definition) is 3. The van der Waals surface area contributed by atoms with E-state index >= 15 is 0 Å². The van der Waals surface area contributed by atoms with Crippen LogP contribution in [0.1, 0.15) is 27.4 Å². The Morgan fingerprint density at radius 1 is 1.08 bits per heavy atom. The smallest absolute Gasteiger partial charge is 0.251 e. The first-order valence-electron chi connectivity index (χ1n) is 7.68. The van der Waals surface area contributed by atoms with Crippen molar-refractivity contribution in [3.8, 4) is 0 Å². The lowest BCUT2D eigenvalue weighted by atomic mass is 10.00. The molecule has 0 bridgehead atoms. The molecular formula is C20H15BrN2O2. The number of nitrogens with one attached hydrogen (secondary N) is 1. The second-order valence-electron chi connectivity index (χ2n) is 5.54. The van der Waals surface area contributed by atoms with E-state index in [9.17, 15) is 9.59 Å². The van der Waals surface area contributed by atoms with Gasteiger partial charge >= 0.3 is 0 Å². The highest BCUT2D eigenvalue weighted by Crippen LogP contribution is 2.21. The number of carbonyl (C=O) groups is 1. The van der Waals surface area contributed by atoms with Gasteiger partial charge in [-0.3, -0.25) is 9.59 Å². The third-order valence-corrected chi connectivity index (χ3v) is 4.12. The molecule has 0 atom stereocenters. The molecule has 0 saturated carbocycles. The quantitative estimate of drug-likeness (QED) is 0.530. The monoisotopic (exact) mass is 394 g/mol. The van der Waals surface area contributed by atoms with E-state index in [2.05, 4.69) is 25.9 Å². The lowest BCUT2D eigenvalue weighted by Gasteiger charge is -2.08. The predicted molar refractivity (Wildman–Crippen MR) is 102 cm³/mol. The molecule has 3 aromatic rings. The van der Waals surface area contributed by atoms with Gasteiger partial charge in [-0.15, -0.1) is 0 Å². The van der Waals surface area contributed by atoms with Gasteiger partial charge in [-0.05, 0) is 30.7 Å². The molecule has 0 spiro atoms. The molecule has 0 aliphatic heterocycles. The summed E-state index contributed by atoms with van der Waals surface area (Å²) >= 11 is 3.39. The van der Waals surface area contributed by atoms with E-state index in [0.29, 0.717) is 16.8 Å². The molecule has 0 fully saturated rings. The summed E-state index contributed by atoms with van der Waals surface area (Å²) in [6.07, 6.45) is 1.74. The molecular weight excluding hydrogens is 380 g/mol. The lowest BCUT2D eigenvalue weighted by molar-refractivity contribution is 0.105. The van der Waals surface area contributed by atoms with Gasteiger partial charge in [0, 0.05) is 21.8 Å². The summed E-state index contributed by atoms with van der Waals surface area (Å²) in [5.74, 6) is 0.0686. The summed E-state index contributed by atoms with van der Waals surface area (Å²) in [4.78, 5) is 31.8. The number of ketones is 1. The Morgan fingerprint density at radius 3 is 2.40 bits per heavy atom. The van der Waals surface area contributed by atoms with Gasteiger partial charge in [-0.1, -0.05) is 58.4 Å². The number of aryl methyl sites for hydroxylation is 1. The number of benzene rings is 2. The first-order valence-corrected chi connectivity index (χ1v) is 8.47. The number of H-pyrrole nitrogens is 1. The first-order chi connectivity index (χ1) is 12.0. The average molecular weight is 395 g/mol. The number of rotatable bonds is 4. The summed E-state index contributed by atoms with van der Waals surface area (Å²) in [6, 6.07) is 17.9. The molecule has 4 nitrogen and oxygen atoms in total. The number of carbonyl (C=O) groups excluding carboxylic acids is 1. The van der Waals surface area contributed by atoms with E-state index in [1.807, 2.05) is 30.3 Å². The Morgan fingerprint density at radius 2 is 1.76 bits per heavy atom. The zero-order chi connectivity index (χ0) is 17.8. The van der Waals surface area contributed by atoms with Crippen molar-refractivity contribution in [2.75, 3.05) is 0 Å². The van der Waals surface area contributed by atoms with E-state index in [4.69, 9.17) is 0 Å². The van der Waals surface area contributed by atoms with Crippen molar-refractivity contribution in [2.45, 2.75) is 6.92 Å². The molecule has 1 heterocycles. The van der Waals surface area contributed by atoms with Crippen molar-refractivity contribution >= 4 is 33.4 Å². The van der Waals surface area contributed by atoms with Crippen LogP contribution in [0.15, 0.2) is 69.9 Å². The van der Waals surface area contributed by atoms with Gasteiger partial charge in [0.15, 0.2) is 5.78 Å². The van der Waals surface area contributed by atoms with Crippen molar-refractivity contribution in [2.24, 2.45) is 0 Å². The van der Waals surface area contributed by atoms with Crippen LogP contribution in [0.4, 0.5) is 0 Å². The molecule has 0 saturated heterocycles. The maximum Gasteiger partial charge on any atom is 0.251 e. The van der Waals surface area contributed by atoms with E-state index < -0.39 is 0 Å². The number of allylic oxidation sites excluding steroid dienone is 1. The number of Topliss-reactive ketones (excluding diaryl/α,β-unsaturated/α-hetero) is 1. The van der Waals surface area contributed by atoms with Crippen LogP contribution in [0, 0.1) is 6.92 Å². The van der Waals surface area contributed by atoms with Crippen LogP contribution >= 0.6 is 15.9 Å². The van der Waals surface area contributed by atoms with Gasteiger partial charge in [0.25, 0.3) is 5.56 Å². The van der Waals surface area contributed by atoms with E-state index in [1.165, 1.54) is 6.07 Å². The molecule has 0 amide bonds. The van der Waals surface area contributed by atoms with Crippen molar-refractivity contribution in [3.05, 3.63) is 98.1 Å². The molecule has 0 aliphatic rings. The standard InChI is InChI=1S/C20H15BrN2O2/c1-13-11-18(24)23-20(22-13)17(12-14-7-9-16(21)10-8-14)19(25)15-5-3-2-4-6-15/h2-12H,1H3,(H,22,23,24). The van der Waals surface area contributed by atoms with Gasteiger partial charge in [-0.25, -0.2) is 4.98 Å². The van der Waals surface area contributed by atoms with Crippen LogP contribution in [0.25, 0.3) is 11.6 Å². The van der Waals surface area contributed by atoms with Crippen LogP contribution in [0.2, 0.25) is 0 Å². The molecule has 3 rings (SSSR count). The fourth-order valence-electron chi connectivity index (χ4n) is 2.42.